The highest BCUT2D eigenvalue weighted by atomic mass is 16.5. The molecule has 0 aliphatic rings. The fraction of sp³-hybridized carbons (Fsp3) is 0.370. The van der Waals surface area contributed by atoms with Crippen molar-refractivity contribution < 1.29 is 19.1 Å². The van der Waals surface area contributed by atoms with Gasteiger partial charge in [-0.1, -0.05) is 48.5 Å². The van der Waals surface area contributed by atoms with Gasteiger partial charge in [0.2, 0.25) is 11.8 Å². The van der Waals surface area contributed by atoms with Crippen LogP contribution in [0, 0.1) is 0 Å². The molecule has 0 aliphatic heterocycles. The number of nitrogens with one attached hydrogen (secondary N) is 3. The molecule has 2 amide bonds. The third-order valence-corrected chi connectivity index (χ3v) is 5.76. The average molecular weight is 479 g/mol. The number of esters is 1. The van der Waals surface area contributed by atoms with Crippen LogP contribution in [0.2, 0.25) is 0 Å². The number of ether oxygens (including phenoxy) is 1. The van der Waals surface area contributed by atoms with E-state index < -0.39 is 35.4 Å². The second-order valence-corrected chi connectivity index (χ2v) is 9.15. The standard InChI is InChI=1S/C27H34N4O4/c1-4-35-25(33)22(15-14-18-10-6-5-7-11-18)30-24(32)23(31-26(34)27(2,3)28)16-19-17-29-21-13-9-8-12-20(19)21/h5-13,17,22-23,29H,4,14-16,28H2,1-3H3,(H,30,32)(H,31,34)/t22-,23?/m1/s1. The van der Waals surface area contributed by atoms with Gasteiger partial charge in [0, 0.05) is 23.5 Å². The van der Waals surface area contributed by atoms with Crippen LogP contribution in [-0.4, -0.2) is 47.0 Å². The van der Waals surface area contributed by atoms with Crippen molar-refractivity contribution in [1.29, 1.82) is 0 Å². The first-order valence-corrected chi connectivity index (χ1v) is 11.8. The van der Waals surface area contributed by atoms with E-state index >= 15 is 0 Å². The van der Waals surface area contributed by atoms with Crippen molar-refractivity contribution in [2.24, 2.45) is 5.73 Å². The molecule has 3 aromatic rings. The van der Waals surface area contributed by atoms with E-state index in [1.54, 1.807) is 20.8 Å². The van der Waals surface area contributed by atoms with E-state index in [1.807, 2.05) is 60.8 Å². The Balaban J connectivity index is 1.81. The number of H-pyrrole nitrogens is 1. The summed E-state index contributed by atoms with van der Waals surface area (Å²) in [6.45, 7) is 5.07. The van der Waals surface area contributed by atoms with Crippen molar-refractivity contribution in [2.75, 3.05) is 6.61 Å². The molecule has 3 rings (SSSR count). The Bertz CT molecular complexity index is 1150. The van der Waals surface area contributed by atoms with Crippen LogP contribution >= 0.6 is 0 Å². The molecule has 8 heteroatoms. The minimum atomic E-state index is -1.17. The van der Waals surface area contributed by atoms with Crippen molar-refractivity contribution in [2.45, 2.75) is 57.7 Å². The summed E-state index contributed by atoms with van der Waals surface area (Å²) in [6.07, 6.45) is 3.00. The first kappa shape index (κ1) is 26.0. The van der Waals surface area contributed by atoms with Crippen LogP contribution in [-0.2, 0) is 32.0 Å². The number of hydrogen-bond donors (Lipinski definition) is 4. The molecule has 0 aliphatic carbocycles. The summed E-state index contributed by atoms with van der Waals surface area (Å²) in [5, 5.41) is 6.53. The minimum Gasteiger partial charge on any atom is -0.464 e. The Labute approximate surface area is 205 Å². The Kier molecular flexibility index (Phi) is 8.65. The fourth-order valence-corrected chi connectivity index (χ4v) is 3.79. The summed E-state index contributed by atoms with van der Waals surface area (Å²) in [5.74, 6) is -1.44. The molecule has 1 unspecified atom stereocenters. The molecular weight excluding hydrogens is 444 g/mol. The molecule has 0 spiro atoms. The number of benzene rings is 2. The number of amides is 2. The van der Waals surface area contributed by atoms with Crippen molar-refractivity contribution in [3.63, 3.8) is 0 Å². The van der Waals surface area contributed by atoms with E-state index in [4.69, 9.17) is 10.5 Å². The number of carbonyl (C=O) groups excluding carboxylic acids is 3. The molecule has 2 aromatic carbocycles. The van der Waals surface area contributed by atoms with Gasteiger partial charge < -0.3 is 26.1 Å². The fourth-order valence-electron chi connectivity index (χ4n) is 3.79. The van der Waals surface area contributed by atoms with Gasteiger partial charge in [-0.15, -0.1) is 0 Å². The molecule has 1 aromatic heterocycles. The second-order valence-electron chi connectivity index (χ2n) is 9.15. The molecule has 1 heterocycles. The minimum absolute atomic E-state index is 0.202. The predicted molar refractivity (Wildman–Crippen MR) is 136 cm³/mol. The summed E-state index contributed by atoms with van der Waals surface area (Å²) in [6, 6.07) is 15.6. The summed E-state index contributed by atoms with van der Waals surface area (Å²) < 4.78 is 5.21. The number of carbonyl (C=O) groups is 3. The average Bonchev–Trinajstić information content (AvgIpc) is 3.24. The van der Waals surface area contributed by atoms with E-state index in [1.165, 1.54) is 0 Å². The van der Waals surface area contributed by atoms with E-state index in [9.17, 15) is 14.4 Å². The van der Waals surface area contributed by atoms with Crippen LogP contribution in [0.3, 0.4) is 0 Å². The number of hydrogen-bond acceptors (Lipinski definition) is 5. The molecule has 186 valence electrons. The Hall–Kier alpha value is -3.65. The number of aromatic amines is 1. The topological polar surface area (TPSA) is 126 Å². The largest absolute Gasteiger partial charge is 0.464 e. The molecule has 0 saturated carbocycles. The van der Waals surface area contributed by atoms with Crippen molar-refractivity contribution in [3.8, 4) is 0 Å². The third-order valence-electron chi connectivity index (χ3n) is 5.76. The molecule has 0 fully saturated rings. The lowest BCUT2D eigenvalue weighted by Crippen LogP contribution is -2.58. The number of rotatable bonds is 11. The SMILES string of the molecule is CCOC(=O)[C@@H](CCc1ccccc1)NC(=O)C(Cc1c[nH]c2ccccc12)NC(=O)C(C)(C)N. The molecule has 5 N–H and O–H groups in total. The number of para-hydroxylation sites is 1. The van der Waals surface area contributed by atoms with E-state index in [0.29, 0.717) is 12.8 Å². The number of aryl methyl sites for hydroxylation is 1. The lowest BCUT2D eigenvalue weighted by atomic mass is 10.0. The van der Waals surface area contributed by atoms with E-state index in [0.717, 1.165) is 22.0 Å². The smallest absolute Gasteiger partial charge is 0.328 e. The predicted octanol–water partition coefficient (Wildman–Crippen LogP) is 2.61. The zero-order chi connectivity index (χ0) is 25.4. The molecule has 0 radical (unpaired) electrons. The Morgan fingerprint density at radius 2 is 1.69 bits per heavy atom. The maximum absolute atomic E-state index is 13.4. The van der Waals surface area contributed by atoms with E-state index in [-0.39, 0.29) is 13.0 Å². The zero-order valence-corrected chi connectivity index (χ0v) is 20.5. The monoisotopic (exact) mass is 478 g/mol. The van der Waals surface area contributed by atoms with Crippen LogP contribution in [0.5, 0.6) is 0 Å². The lowest BCUT2D eigenvalue weighted by molar-refractivity contribution is -0.147. The number of nitrogens with two attached hydrogens (primary N) is 1. The van der Waals surface area contributed by atoms with Gasteiger partial charge in [-0.25, -0.2) is 4.79 Å². The van der Waals surface area contributed by atoms with Crippen LogP contribution < -0.4 is 16.4 Å². The maximum atomic E-state index is 13.4. The van der Waals surface area contributed by atoms with Gasteiger partial charge in [-0.05, 0) is 50.8 Å². The van der Waals surface area contributed by atoms with Gasteiger partial charge >= 0.3 is 5.97 Å². The highest BCUT2D eigenvalue weighted by Crippen LogP contribution is 2.19. The molecule has 2 atom stereocenters. The summed E-state index contributed by atoms with van der Waals surface area (Å²) in [4.78, 5) is 41.9. The van der Waals surface area contributed by atoms with Crippen molar-refractivity contribution >= 4 is 28.7 Å². The number of aromatic nitrogens is 1. The molecule has 0 saturated heterocycles. The van der Waals surface area contributed by atoms with E-state index in [2.05, 4.69) is 15.6 Å². The van der Waals surface area contributed by atoms with Crippen molar-refractivity contribution in [3.05, 3.63) is 71.9 Å². The van der Waals surface area contributed by atoms with Gasteiger partial charge in [0.25, 0.3) is 0 Å². The van der Waals surface area contributed by atoms with Crippen LogP contribution in [0.4, 0.5) is 0 Å². The van der Waals surface area contributed by atoms with Crippen molar-refractivity contribution in [1.82, 2.24) is 15.6 Å². The Morgan fingerprint density at radius 3 is 2.37 bits per heavy atom. The second kappa shape index (κ2) is 11.7. The Morgan fingerprint density at radius 1 is 1.00 bits per heavy atom. The number of fused-ring (bicyclic) bond motifs is 1. The molecule has 35 heavy (non-hydrogen) atoms. The van der Waals surface area contributed by atoms with Crippen LogP contribution in [0.1, 0.15) is 38.3 Å². The van der Waals surface area contributed by atoms with Gasteiger partial charge in [0.1, 0.15) is 12.1 Å². The first-order chi connectivity index (χ1) is 16.7. The maximum Gasteiger partial charge on any atom is 0.328 e. The molecule has 0 bridgehead atoms. The summed E-state index contributed by atoms with van der Waals surface area (Å²) >= 11 is 0. The van der Waals surface area contributed by atoms with Gasteiger partial charge in [-0.2, -0.15) is 0 Å². The van der Waals surface area contributed by atoms with Gasteiger partial charge in [0.05, 0.1) is 12.1 Å². The van der Waals surface area contributed by atoms with Gasteiger partial charge in [0.15, 0.2) is 0 Å². The van der Waals surface area contributed by atoms with Crippen LogP contribution in [0.25, 0.3) is 10.9 Å². The third kappa shape index (κ3) is 7.16. The van der Waals surface area contributed by atoms with Crippen LogP contribution in [0.15, 0.2) is 60.8 Å². The van der Waals surface area contributed by atoms with Gasteiger partial charge in [-0.3, -0.25) is 9.59 Å². The molecule has 8 nitrogen and oxygen atoms in total. The normalized spacial score (nSPS) is 13.1. The highest BCUT2D eigenvalue weighted by Gasteiger charge is 2.31. The highest BCUT2D eigenvalue weighted by molar-refractivity contribution is 5.94. The molecular formula is C27H34N4O4. The first-order valence-electron chi connectivity index (χ1n) is 11.8. The summed E-state index contributed by atoms with van der Waals surface area (Å²) in [7, 11) is 0. The lowest BCUT2D eigenvalue weighted by Gasteiger charge is -2.26. The quantitative estimate of drug-likeness (QED) is 0.315. The zero-order valence-electron chi connectivity index (χ0n) is 20.5. The summed E-state index contributed by atoms with van der Waals surface area (Å²) in [5.41, 5.74) is 7.64.